The highest BCUT2D eigenvalue weighted by molar-refractivity contribution is 9.10. The number of halogens is 1. The quantitative estimate of drug-likeness (QED) is 0.833. The van der Waals surface area contributed by atoms with E-state index >= 15 is 0 Å². The largest absolute Gasteiger partial charge is 0.365 e. The van der Waals surface area contributed by atoms with Crippen LogP contribution in [-0.4, -0.2) is 16.8 Å². The lowest BCUT2D eigenvalue weighted by Gasteiger charge is -2.28. The monoisotopic (exact) mass is 393 g/mol. The van der Waals surface area contributed by atoms with Crippen molar-refractivity contribution in [3.05, 3.63) is 45.4 Å². The van der Waals surface area contributed by atoms with Crippen LogP contribution in [0.4, 0.5) is 5.13 Å². The molecule has 0 aliphatic heterocycles. The van der Waals surface area contributed by atoms with Crippen LogP contribution in [0.3, 0.4) is 0 Å². The summed E-state index contributed by atoms with van der Waals surface area (Å²) >= 11 is 4.57. The van der Waals surface area contributed by atoms with Crippen LogP contribution in [0.1, 0.15) is 40.9 Å². The number of amides is 2. The van der Waals surface area contributed by atoms with E-state index in [1.54, 1.807) is 0 Å². The van der Waals surface area contributed by atoms with E-state index in [0.29, 0.717) is 10.0 Å². The van der Waals surface area contributed by atoms with E-state index in [9.17, 15) is 9.59 Å². The van der Waals surface area contributed by atoms with Crippen molar-refractivity contribution in [2.24, 2.45) is 5.73 Å². The van der Waals surface area contributed by atoms with E-state index in [1.165, 1.54) is 6.20 Å². The summed E-state index contributed by atoms with van der Waals surface area (Å²) < 4.78 is 0.958. The lowest BCUT2D eigenvalue weighted by Crippen LogP contribution is -2.38. The first-order valence-electron chi connectivity index (χ1n) is 7.34. The van der Waals surface area contributed by atoms with Crippen molar-refractivity contribution in [1.29, 1.82) is 0 Å². The average molecular weight is 394 g/mol. The number of rotatable bonds is 4. The number of benzene rings is 1. The van der Waals surface area contributed by atoms with Gasteiger partial charge in [-0.2, -0.15) is 0 Å². The number of carbonyl (C=O) groups excluding carboxylic acids is 2. The molecule has 3 N–H and O–H groups in total. The Labute approximate surface area is 146 Å². The summed E-state index contributed by atoms with van der Waals surface area (Å²) in [5.41, 5.74) is 5.70. The van der Waals surface area contributed by atoms with Gasteiger partial charge in [0.1, 0.15) is 4.88 Å². The van der Waals surface area contributed by atoms with Crippen LogP contribution >= 0.6 is 27.3 Å². The Morgan fingerprint density at radius 3 is 2.65 bits per heavy atom. The molecule has 1 aliphatic carbocycles. The summed E-state index contributed by atoms with van der Waals surface area (Å²) in [6.07, 6.45) is 5.05. The Kier molecular flexibility index (Phi) is 4.50. The molecular weight excluding hydrogens is 378 g/mol. The maximum atomic E-state index is 13.0. The second-order valence-electron chi connectivity index (χ2n) is 5.65. The maximum absolute atomic E-state index is 13.0. The number of nitrogens with two attached hydrogens (primary N) is 1. The normalized spacial score (nSPS) is 16.2. The zero-order chi connectivity index (χ0) is 16.4. The van der Waals surface area contributed by atoms with Crippen LogP contribution in [-0.2, 0) is 10.2 Å². The smallest absolute Gasteiger partial charge is 0.260 e. The number of thiazole rings is 1. The second-order valence-corrected chi connectivity index (χ2v) is 7.59. The Morgan fingerprint density at radius 2 is 2.04 bits per heavy atom. The van der Waals surface area contributed by atoms with Gasteiger partial charge in [-0.15, -0.1) is 0 Å². The van der Waals surface area contributed by atoms with Gasteiger partial charge in [-0.25, -0.2) is 4.98 Å². The van der Waals surface area contributed by atoms with Gasteiger partial charge in [0.2, 0.25) is 5.91 Å². The van der Waals surface area contributed by atoms with Gasteiger partial charge in [0.25, 0.3) is 5.91 Å². The SMILES string of the molecule is NC(=O)c1cnc(NC(=O)C2(c3cccc(Br)c3)CCCC2)s1. The molecule has 0 saturated heterocycles. The highest BCUT2D eigenvalue weighted by Crippen LogP contribution is 2.42. The van der Waals surface area contributed by atoms with Gasteiger partial charge in [-0.05, 0) is 30.5 Å². The molecule has 3 rings (SSSR count). The molecular formula is C16H16BrN3O2S. The number of aromatic nitrogens is 1. The Balaban J connectivity index is 1.88. The lowest BCUT2D eigenvalue weighted by molar-refractivity contribution is -0.121. The molecule has 0 atom stereocenters. The Bertz CT molecular complexity index is 753. The fraction of sp³-hybridized carbons (Fsp3) is 0.312. The predicted octanol–water partition coefficient (Wildman–Crippen LogP) is 3.46. The third-order valence-corrected chi connectivity index (χ3v) is 5.66. The number of hydrogen-bond acceptors (Lipinski definition) is 4. The first-order valence-corrected chi connectivity index (χ1v) is 8.95. The van der Waals surface area contributed by atoms with Crippen molar-refractivity contribution in [2.45, 2.75) is 31.1 Å². The Morgan fingerprint density at radius 1 is 1.30 bits per heavy atom. The molecule has 1 aromatic heterocycles. The van der Waals surface area contributed by atoms with E-state index in [2.05, 4.69) is 26.2 Å². The zero-order valence-electron chi connectivity index (χ0n) is 12.3. The third-order valence-electron chi connectivity index (χ3n) is 4.24. The molecule has 23 heavy (non-hydrogen) atoms. The van der Waals surface area contributed by atoms with E-state index in [0.717, 1.165) is 47.1 Å². The summed E-state index contributed by atoms with van der Waals surface area (Å²) in [5, 5.41) is 3.27. The molecule has 1 fully saturated rings. The van der Waals surface area contributed by atoms with E-state index in [4.69, 9.17) is 5.73 Å². The van der Waals surface area contributed by atoms with Gasteiger partial charge in [-0.3, -0.25) is 9.59 Å². The summed E-state index contributed by atoms with van der Waals surface area (Å²) in [6, 6.07) is 7.89. The Hall–Kier alpha value is -1.73. The third kappa shape index (κ3) is 3.16. The number of anilines is 1. The molecule has 5 nitrogen and oxygen atoms in total. The van der Waals surface area contributed by atoms with Crippen molar-refractivity contribution in [2.75, 3.05) is 5.32 Å². The molecule has 1 aliphatic rings. The summed E-state index contributed by atoms with van der Waals surface area (Å²) in [7, 11) is 0. The molecule has 2 aromatic rings. The van der Waals surface area contributed by atoms with Crippen molar-refractivity contribution in [3.8, 4) is 0 Å². The van der Waals surface area contributed by atoms with Gasteiger partial charge in [0, 0.05) is 4.47 Å². The number of primary amides is 1. The molecule has 1 aromatic carbocycles. The van der Waals surface area contributed by atoms with Gasteiger partial charge >= 0.3 is 0 Å². The molecule has 0 bridgehead atoms. The molecule has 0 spiro atoms. The van der Waals surface area contributed by atoms with Gasteiger partial charge < -0.3 is 11.1 Å². The predicted molar refractivity (Wildman–Crippen MR) is 93.5 cm³/mol. The molecule has 1 heterocycles. The van der Waals surface area contributed by atoms with Crippen molar-refractivity contribution in [1.82, 2.24) is 4.98 Å². The van der Waals surface area contributed by atoms with Gasteiger partial charge in [0.05, 0.1) is 11.6 Å². The van der Waals surface area contributed by atoms with Crippen molar-refractivity contribution < 1.29 is 9.59 Å². The standard InChI is InChI=1S/C16H16BrN3O2S/c17-11-5-3-4-10(8-11)16(6-1-2-7-16)14(22)20-15-19-9-12(23-15)13(18)21/h3-5,8-9H,1-2,6-7H2,(H2,18,21)(H,19,20,22). The average Bonchev–Trinajstić information content (AvgIpc) is 3.17. The molecule has 2 amide bonds. The highest BCUT2D eigenvalue weighted by Gasteiger charge is 2.43. The van der Waals surface area contributed by atoms with Crippen LogP contribution in [0.5, 0.6) is 0 Å². The number of nitrogens with zero attached hydrogens (tertiary/aromatic N) is 1. The molecule has 7 heteroatoms. The maximum Gasteiger partial charge on any atom is 0.260 e. The van der Waals surface area contributed by atoms with Crippen LogP contribution in [0.15, 0.2) is 34.9 Å². The van der Waals surface area contributed by atoms with Gasteiger partial charge in [0.15, 0.2) is 5.13 Å². The van der Waals surface area contributed by atoms with Gasteiger partial charge in [-0.1, -0.05) is 52.2 Å². The number of hydrogen-bond donors (Lipinski definition) is 2. The van der Waals surface area contributed by atoms with Crippen LogP contribution in [0.2, 0.25) is 0 Å². The molecule has 1 saturated carbocycles. The molecule has 0 radical (unpaired) electrons. The zero-order valence-corrected chi connectivity index (χ0v) is 14.7. The van der Waals surface area contributed by atoms with E-state index in [-0.39, 0.29) is 5.91 Å². The fourth-order valence-corrected chi connectivity index (χ4v) is 4.14. The molecule has 120 valence electrons. The summed E-state index contributed by atoms with van der Waals surface area (Å²) in [4.78, 5) is 28.5. The fourth-order valence-electron chi connectivity index (χ4n) is 3.07. The van der Waals surface area contributed by atoms with Crippen LogP contribution < -0.4 is 11.1 Å². The highest BCUT2D eigenvalue weighted by atomic mass is 79.9. The minimum atomic E-state index is -0.539. The summed E-state index contributed by atoms with van der Waals surface area (Å²) in [5.74, 6) is -0.607. The van der Waals surface area contributed by atoms with E-state index < -0.39 is 11.3 Å². The van der Waals surface area contributed by atoms with Crippen LogP contribution in [0, 0.1) is 0 Å². The summed E-state index contributed by atoms with van der Waals surface area (Å²) in [6.45, 7) is 0. The lowest BCUT2D eigenvalue weighted by atomic mass is 9.78. The van der Waals surface area contributed by atoms with E-state index in [1.807, 2.05) is 24.3 Å². The molecule has 0 unspecified atom stereocenters. The number of carbonyl (C=O) groups is 2. The first-order chi connectivity index (χ1) is 11.0. The van der Waals surface area contributed by atoms with Crippen molar-refractivity contribution >= 4 is 44.2 Å². The minimum Gasteiger partial charge on any atom is -0.365 e. The first kappa shape index (κ1) is 16.1. The topological polar surface area (TPSA) is 85.1 Å². The second kappa shape index (κ2) is 6.41. The van der Waals surface area contributed by atoms with Crippen molar-refractivity contribution in [3.63, 3.8) is 0 Å². The minimum absolute atomic E-state index is 0.0709. The van der Waals surface area contributed by atoms with Crippen LogP contribution in [0.25, 0.3) is 0 Å². The number of nitrogens with one attached hydrogen (secondary N) is 1.